The lowest BCUT2D eigenvalue weighted by molar-refractivity contribution is -0.128. The van der Waals surface area contributed by atoms with E-state index in [9.17, 15) is 4.79 Å². The lowest BCUT2D eigenvalue weighted by Crippen LogP contribution is -2.49. The number of nitrogens with one attached hydrogen (secondary N) is 3. The summed E-state index contributed by atoms with van der Waals surface area (Å²) in [5, 5.41) is 15.2. The third-order valence-electron chi connectivity index (χ3n) is 9.05. The van der Waals surface area contributed by atoms with Crippen LogP contribution in [0.5, 0.6) is 0 Å². The molecule has 2 saturated carbocycles. The van der Waals surface area contributed by atoms with E-state index in [0.29, 0.717) is 41.9 Å². The highest BCUT2D eigenvalue weighted by Gasteiger charge is 2.41. The van der Waals surface area contributed by atoms with Gasteiger partial charge in [0.05, 0.1) is 12.2 Å². The van der Waals surface area contributed by atoms with Crippen molar-refractivity contribution in [1.82, 2.24) is 19.8 Å². The number of rotatable bonds is 8. The topological polar surface area (TPSA) is 93.3 Å². The Balaban J connectivity index is 1.45. The van der Waals surface area contributed by atoms with Gasteiger partial charge in [-0.3, -0.25) is 10.2 Å². The molecule has 1 saturated heterocycles. The van der Waals surface area contributed by atoms with E-state index in [0.717, 1.165) is 51.6 Å². The van der Waals surface area contributed by atoms with Gasteiger partial charge in [-0.25, -0.2) is 0 Å². The summed E-state index contributed by atoms with van der Waals surface area (Å²) < 4.78 is 15.4. The third kappa shape index (κ3) is 6.57. The van der Waals surface area contributed by atoms with Crippen LogP contribution in [0.1, 0.15) is 58.3 Å². The molecular formula is C27H47N5O3. The Morgan fingerprint density at radius 1 is 1.11 bits per heavy atom. The normalized spacial score (nSPS) is 36.1. The molecule has 1 amide bonds. The Labute approximate surface area is 210 Å². The van der Waals surface area contributed by atoms with Gasteiger partial charge >= 0.3 is 0 Å². The lowest BCUT2D eigenvalue weighted by atomic mass is 9.64. The van der Waals surface area contributed by atoms with Crippen LogP contribution in [0.2, 0.25) is 0 Å². The first-order valence-electron chi connectivity index (χ1n) is 13.7. The number of hydrogen-bond acceptors (Lipinski definition) is 5. The Morgan fingerprint density at radius 3 is 2.66 bits per heavy atom. The van der Waals surface area contributed by atoms with Crippen molar-refractivity contribution in [2.24, 2.45) is 36.6 Å². The second kappa shape index (κ2) is 12.1. The van der Waals surface area contributed by atoms with Crippen LogP contribution in [-0.2, 0) is 27.9 Å². The predicted molar refractivity (Wildman–Crippen MR) is 136 cm³/mol. The summed E-state index contributed by atoms with van der Waals surface area (Å²) in [6.07, 6.45) is 13.0. The quantitative estimate of drug-likeness (QED) is 0.523. The van der Waals surface area contributed by atoms with E-state index in [1.165, 1.54) is 12.8 Å². The van der Waals surface area contributed by atoms with Gasteiger partial charge in [-0.2, -0.15) is 0 Å². The number of aromatic nitrogens is 2. The van der Waals surface area contributed by atoms with Gasteiger partial charge in [0.25, 0.3) is 0 Å². The van der Waals surface area contributed by atoms with E-state index in [4.69, 9.17) is 14.9 Å². The van der Waals surface area contributed by atoms with Gasteiger partial charge in [-0.15, -0.1) is 0 Å². The number of aryl methyl sites for hydroxylation is 1. The number of piperidine rings is 1. The molecule has 1 aliphatic heterocycles. The summed E-state index contributed by atoms with van der Waals surface area (Å²) in [6.45, 7) is 4.77. The van der Waals surface area contributed by atoms with Crippen LogP contribution in [0.15, 0.2) is 12.4 Å². The number of imidazole rings is 1. The lowest BCUT2D eigenvalue weighted by Gasteiger charge is -2.44. The molecule has 8 heteroatoms. The number of carbonyl (C=O) groups excluding carboxylic acids is 1. The van der Waals surface area contributed by atoms with Crippen LogP contribution in [0.25, 0.3) is 0 Å². The standard InChI is InChI=1S/C27H47N5O3/c1-18-5-6-25(35-4)24(11-18)20-12-19(17-32-10-9-31(2)27(32)28)13-21(14-20)26(33)30-16-22-15-23(34-3)7-8-29-22/h9-10,18-25,28-29H,5-8,11-17H2,1-4H3,(H,30,33). The summed E-state index contributed by atoms with van der Waals surface area (Å²) in [7, 11) is 5.55. The molecule has 3 fully saturated rings. The number of hydrogen-bond donors (Lipinski definition) is 3. The van der Waals surface area contributed by atoms with Gasteiger partial charge in [-0.05, 0) is 81.6 Å². The maximum atomic E-state index is 13.5. The Morgan fingerprint density at radius 2 is 1.94 bits per heavy atom. The zero-order valence-electron chi connectivity index (χ0n) is 22.2. The van der Waals surface area contributed by atoms with Crippen LogP contribution in [0.3, 0.4) is 0 Å². The first kappa shape index (κ1) is 26.4. The zero-order chi connectivity index (χ0) is 24.9. The average molecular weight is 490 g/mol. The van der Waals surface area contributed by atoms with Crippen molar-refractivity contribution in [1.29, 1.82) is 5.41 Å². The highest BCUT2D eigenvalue weighted by atomic mass is 16.5. The smallest absolute Gasteiger partial charge is 0.223 e. The first-order valence-corrected chi connectivity index (χ1v) is 13.7. The fraction of sp³-hybridized carbons (Fsp3) is 0.852. The number of nitrogens with zero attached hydrogens (tertiary/aromatic N) is 2. The van der Waals surface area contributed by atoms with Crippen molar-refractivity contribution in [3.63, 3.8) is 0 Å². The summed E-state index contributed by atoms with van der Waals surface area (Å²) in [5.74, 6) is 2.33. The molecular weight excluding hydrogens is 442 g/mol. The molecule has 0 spiro atoms. The largest absolute Gasteiger partial charge is 0.381 e. The molecule has 0 bridgehead atoms. The van der Waals surface area contributed by atoms with E-state index < -0.39 is 0 Å². The van der Waals surface area contributed by atoms with Crippen LogP contribution in [0.4, 0.5) is 0 Å². The summed E-state index contributed by atoms with van der Waals surface area (Å²) in [6, 6.07) is 0.274. The van der Waals surface area contributed by atoms with Gasteiger partial charge in [0, 0.05) is 58.7 Å². The maximum absolute atomic E-state index is 13.5. The summed E-state index contributed by atoms with van der Waals surface area (Å²) in [4.78, 5) is 13.5. The zero-order valence-corrected chi connectivity index (χ0v) is 22.2. The Bertz CT molecular complexity index is 882. The van der Waals surface area contributed by atoms with E-state index in [2.05, 4.69) is 17.6 Å². The monoisotopic (exact) mass is 489 g/mol. The minimum Gasteiger partial charge on any atom is -0.381 e. The SMILES string of the molecule is COC1CCNC(CNC(=O)C2CC(Cn3ccn(C)c3=N)CC(C3CC(C)CCC3OC)C2)C1. The van der Waals surface area contributed by atoms with Crippen molar-refractivity contribution in [2.75, 3.05) is 27.3 Å². The number of carbonyl (C=O) groups is 1. The van der Waals surface area contributed by atoms with Gasteiger partial charge < -0.3 is 29.2 Å². The van der Waals surface area contributed by atoms with Crippen LogP contribution < -0.4 is 16.3 Å². The molecule has 1 aromatic heterocycles. The van der Waals surface area contributed by atoms with Crippen molar-refractivity contribution >= 4 is 5.91 Å². The Hall–Kier alpha value is -1.64. The molecule has 2 aliphatic carbocycles. The average Bonchev–Trinajstić information content (AvgIpc) is 3.19. The number of amides is 1. The maximum Gasteiger partial charge on any atom is 0.223 e. The molecule has 1 aromatic rings. The Kier molecular flexibility index (Phi) is 9.11. The first-order chi connectivity index (χ1) is 16.9. The molecule has 8 atom stereocenters. The summed E-state index contributed by atoms with van der Waals surface area (Å²) in [5.41, 5.74) is 0.519. The fourth-order valence-electron chi connectivity index (χ4n) is 7.04. The van der Waals surface area contributed by atoms with E-state index in [-0.39, 0.29) is 24.0 Å². The minimum atomic E-state index is 0.0220. The molecule has 0 radical (unpaired) electrons. The molecule has 4 rings (SSSR count). The molecule has 8 unspecified atom stereocenters. The third-order valence-corrected chi connectivity index (χ3v) is 9.05. The van der Waals surface area contributed by atoms with Crippen LogP contribution in [-0.4, -0.2) is 60.6 Å². The molecule has 35 heavy (non-hydrogen) atoms. The number of ether oxygens (including phenoxy) is 2. The molecule has 8 nitrogen and oxygen atoms in total. The van der Waals surface area contributed by atoms with Gasteiger partial charge in [0.15, 0.2) is 0 Å². The van der Waals surface area contributed by atoms with E-state index in [1.807, 2.05) is 35.7 Å². The molecule has 2 heterocycles. The number of methoxy groups -OCH3 is 2. The second-order valence-electron chi connectivity index (χ2n) is 11.5. The highest BCUT2D eigenvalue weighted by molar-refractivity contribution is 5.78. The van der Waals surface area contributed by atoms with E-state index >= 15 is 0 Å². The van der Waals surface area contributed by atoms with Gasteiger partial charge in [0.1, 0.15) is 0 Å². The minimum absolute atomic E-state index is 0.0220. The van der Waals surface area contributed by atoms with Gasteiger partial charge in [-0.1, -0.05) is 6.92 Å². The van der Waals surface area contributed by atoms with E-state index in [1.54, 1.807) is 7.11 Å². The highest BCUT2D eigenvalue weighted by Crippen LogP contribution is 2.45. The molecule has 3 N–H and O–H groups in total. The molecule has 0 aromatic carbocycles. The summed E-state index contributed by atoms with van der Waals surface area (Å²) >= 11 is 0. The van der Waals surface area contributed by atoms with Gasteiger partial charge in [0.2, 0.25) is 11.5 Å². The van der Waals surface area contributed by atoms with Crippen molar-refractivity contribution in [2.45, 2.75) is 83.1 Å². The van der Waals surface area contributed by atoms with Crippen molar-refractivity contribution in [3.8, 4) is 0 Å². The molecule has 3 aliphatic rings. The predicted octanol–water partition coefficient (Wildman–Crippen LogP) is 2.67. The fourth-order valence-corrected chi connectivity index (χ4v) is 7.04. The van der Waals surface area contributed by atoms with Crippen molar-refractivity contribution in [3.05, 3.63) is 18.0 Å². The second-order valence-corrected chi connectivity index (χ2v) is 11.5. The van der Waals surface area contributed by atoms with Crippen LogP contribution in [0, 0.1) is 35.0 Å². The van der Waals surface area contributed by atoms with Crippen LogP contribution >= 0.6 is 0 Å². The molecule has 198 valence electrons. The van der Waals surface area contributed by atoms with Crippen molar-refractivity contribution < 1.29 is 14.3 Å².